The molecule has 2 aromatic carbocycles. The molecule has 1 N–H and O–H groups in total. The highest BCUT2D eigenvalue weighted by Gasteiger charge is 2.20. The maximum Gasteiger partial charge on any atom is 0.320 e. The Bertz CT molecular complexity index is 1170. The minimum absolute atomic E-state index is 0.160. The first-order chi connectivity index (χ1) is 17.6. The van der Waals surface area contributed by atoms with Crippen molar-refractivity contribution >= 4 is 44.3 Å². The quantitative estimate of drug-likeness (QED) is 0.350. The molecule has 0 spiro atoms. The summed E-state index contributed by atoms with van der Waals surface area (Å²) in [5.41, 5.74) is 1.69. The summed E-state index contributed by atoms with van der Waals surface area (Å²) in [4.78, 5) is 25.1. The average molecular weight is 558 g/mol. The zero-order valence-electron chi connectivity index (χ0n) is 20.7. The first kappa shape index (κ1) is 26.1. The van der Waals surface area contributed by atoms with Crippen molar-refractivity contribution in [1.29, 1.82) is 0 Å². The number of nitrogens with one attached hydrogen (secondary N) is 1. The van der Waals surface area contributed by atoms with E-state index in [2.05, 4.69) is 41.0 Å². The molecule has 0 saturated carbocycles. The van der Waals surface area contributed by atoms with Gasteiger partial charge in [0.05, 0.1) is 25.3 Å². The second-order valence-corrected chi connectivity index (χ2v) is 9.29. The number of carbonyl (C=O) groups is 1. The minimum atomic E-state index is -0.160. The largest absolute Gasteiger partial charge is 0.490 e. The zero-order chi connectivity index (χ0) is 25.3. The minimum Gasteiger partial charge on any atom is -0.490 e. The zero-order valence-corrected chi connectivity index (χ0v) is 22.3. The van der Waals surface area contributed by atoms with E-state index in [0.29, 0.717) is 43.7 Å². The Morgan fingerprint density at radius 1 is 1.00 bits per heavy atom. The number of hydrogen-bond donors (Lipinski definition) is 1. The maximum atomic E-state index is 11.7. The molecule has 1 saturated heterocycles. The SMILES string of the molecule is CCOC(=O)CN1CCN(CCOc2cc3c(Nc4cccc(Br)c4)ncnc3cc2OCC)CC1. The number of esters is 1. The Hall–Kier alpha value is -2.95. The molecule has 1 aliphatic heterocycles. The molecule has 36 heavy (non-hydrogen) atoms. The third kappa shape index (κ3) is 7.05. The number of anilines is 2. The second kappa shape index (κ2) is 12.8. The van der Waals surface area contributed by atoms with Gasteiger partial charge in [0.25, 0.3) is 0 Å². The number of aromatic nitrogens is 2. The van der Waals surface area contributed by atoms with E-state index in [4.69, 9.17) is 14.2 Å². The maximum absolute atomic E-state index is 11.7. The predicted octanol–water partition coefficient (Wildman–Crippen LogP) is 4.09. The van der Waals surface area contributed by atoms with Crippen LogP contribution in [0.5, 0.6) is 11.5 Å². The molecule has 0 bridgehead atoms. The fraction of sp³-hybridized carbons (Fsp3) is 0.423. The van der Waals surface area contributed by atoms with Crippen LogP contribution in [0.2, 0.25) is 0 Å². The summed E-state index contributed by atoms with van der Waals surface area (Å²) < 4.78 is 18.1. The molecule has 0 unspecified atom stereocenters. The van der Waals surface area contributed by atoms with Crippen LogP contribution < -0.4 is 14.8 Å². The van der Waals surface area contributed by atoms with Crippen molar-refractivity contribution in [2.24, 2.45) is 0 Å². The molecule has 10 heteroatoms. The van der Waals surface area contributed by atoms with E-state index in [9.17, 15) is 4.79 Å². The van der Waals surface area contributed by atoms with E-state index in [-0.39, 0.29) is 5.97 Å². The van der Waals surface area contributed by atoms with Crippen LogP contribution >= 0.6 is 15.9 Å². The molecule has 1 aliphatic rings. The van der Waals surface area contributed by atoms with E-state index in [0.717, 1.165) is 53.8 Å². The van der Waals surface area contributed by atoms with E-state index >= 15 is 0 Å². The van der Waals surface area contributed by atoms with Gasteiger partial charge < -0.3 is 19.5 Å². The van der Waals surface area contributed by atoms with Crippen LogP contribution in [0.15, 0.2) is 47.2 Å². The van der Waals surface area contributed by atoms with Crippen molar-refractivity contribution in [2.75, 3.05) is 64.4 Å². The van der Waals surface area contributed by atoms with Gasteiger partial charge in [-0.3, -0.25) is 14.6 Å². The molecule has 4 rings (SSSR count). The number of nitrogens with zero attached hydrogens (tertiary/aromatic N) is 4. The lowest BCUT2D eigenvalue weighted by molar-refractivity contribution is -0.144. The van der Waals surface area contributed by atoms with E-state index in [1.165, 1.54) is 0 Å². The van der Waals surface area contributed by atoms with E-state index < -0.39 is 0 Å². The highest BCUT2D eigenvalue weighted by molar-refractivity contribution is 9.10. The van der Waals surface area contributed by atoms with Crippen molar-refractivity contribution in [1.82, 2.24) is 19.8 Å². The summed E-state index contributed by atoms with van der Waals surface area (Å²) in [5.74, 6) is 1.87. The van der Waals surface area contributed by atoms with Crippen molar-refractivity contribution in [2.45, 2.75) is 13.8 Å². The first-order valence-electron chi connectivity index (χ1n) is 12.2. The van der Waals surface area contributed by atoms with Gasteiger partial charge in [-0.25, -0.2) is 9.97 Å². The monoisotopic (exact) mass is 557 g/mol. The second-order valence-electron chi connectivity index (χ2n) is 8.38. The number of ether oxygens (including phenoxy) is 3. The fourth-order valence-corrected chi connectivity index (χ4v) is 4.49. The molecule has 0 amide bonds. The number of benzene rings is 2. The highest BCUT2D eigenvalue weighted by Crippen LogP contribution is 2.35. The van der Waals surface area contributed by atoms with Crippen molar-refractivity contribution in [3.63, 3.8) is 0 Å². The third-order valence-corrected chi connectivity index (χ3v) is 6.37. The Labute approximate surface area is 219 Å². The molecular formula is C26H32BrN5O4. The van der Waals surface area contributed by atoms with Crippen LogP contribution in [-0.2, 0) is 9.53 Å². The number of halogens is 1. The predicted molar refractivity (Wildman–Crippen MR) is 143 cm³/mol. The number of piperazine rings is 1. The van der Waals surface area contributed by atoms with Gasteiger partial charge >= 0.3 is 5.97 Å². The van der Waals surface area contributed by atoms with Crippen LogP contribution in [0.25, 0.3) is 10.9 Å². The molecule has 192 valence electrons. The molecule has 2 heterocycles. The Morgan fingerprint density at radius 2 is 1.78 bits per heavy atom. The van der Waals surface area contributed by atoms with E-state index in [1.54, 1.807) is 6.33 Å². The van der Waals surface area contributed by atoms with E-state index in [1.807, 2.05) is 50.2 Å². The van der Waals surface area contributed by atoms with Gasteiger partial charge in [0.15, 0.2) is 11.5 Å². The standard InChI is InChI=1S/C26H32BrN5O4/c1-3-34-24-16-22-21(26(29-18-28-22)30-20-7-5-6-19(27)14-20)15-23(24)36-13-12-31-8-10-32(11-9-31)17-25(33)35-4-2/h5-7,14-16,18H,3-4,8-13,17H2,1-2H3,(H,28,29,30). The van der Waals surface area contributed by atoms with Crippen LogP contribution in [0.1, 0.15) is 13.8 Å². The summed E-state index contributed by atoms with van der Waals surface area (Å²) >= 11 is 3.51. The number of fused-ring (bicyclic) bond motifs is 1. The summed E-state index contributed by atoms with van der Waals surface area (Å²) in [7, 11) is 0. The average Bonchev–Trinajstić information content (AvgIpc) is 2.86. The molecule has 0 atom stereocenters. The molecule has 3 aromatic rings. The van der Waals surface area contributed by atoms with Crippen LogP contribution in [0.4, 0.5) is 11.5 Å². The van der Waals surface area contributed by atoms with Gasteiger partial charge in [0.1, 0.15) is 18.8 Å². The van der Waals surface area contributed by atoms with Gasteiger partial charge in [-0.1, -0.05) is 22.0 Å². The Balaban J connectivity index is 1.41. The lowest BCUT2D eigenvalue weighted by Gasteiger charge is -2.33. The third-order valence-electron chi connectivity index (χ3n) is 5.88. The number of rotatable bonds is 11. The van der Waals surface area contributed by atoms with Crippen LogP contribution in [0, 0.1) is 0 Å². The van der Waals surface area contributed by atoms with Gasteiger partial charge in [-0.15, -0.1) is 0 Å². The van der Waals surface area contributed by atoms with Crippen molar-refractivity contribution in [3.8, 4) is 11.5 Å². The van der Waals surface area contributed by atoms with Crippen molar-refractivity contribution < 1.29 is 19.0 Å². The molecule has 0 radical (unpaired) electrons. The topological polar surface area (TPSA) is 89.1 Å². The number of hydrogen-bond acceptors (Lipinski definition) is 9. The molecule has 0 aliphatic carbocycles. The molecule has 9 nitrogen and oxygen atoms in total. The Kier molecular flexibility index (Phi) is 9.32. The normalized spacial score (nSPS) is 14.5. The van der Waals surface area contributed by atoms with Gasteiger partial charge in [0.2, 0.25) is 0 Å². The summed E-state index contributed by atoms with van der Waals surface area (Å²) in [6.07, 6.45) is 1.54. The lowest BCUT2D eigenvalue weighted by atomic mass is 10.2. The summed E-state index contributed by atoms with van der Waals surface area (Å²) in [5, 5.41) is 4.23. The Morgan fingerprint density at radius 3 is 2.53 bits per heavy atom. The molecule has 1 aromatic heterocycles. The smallest absolute Gasteiger partial charge is 0.320 e. The number of carbonyl (C=O) groups excluding carboxylic acids is 1. The molecule has 1 fully saturated rings. The van der Waals surface area contributed by atoms with Gasteiger partial charge in [0, 0.05) is 54.3 Å². The van der Waals surface area contributed by atoms with Crippen molar-refractivity contribution in [3.05, 3.63) is 47.2 Å². The highest BCUT2D eigenvalue weighted by atomic mass is 79.9. The summed E-state index contributed by atoms with van der Waals surface area (Å²) in [6, 6.07) is 11.8. The van der Waals surface area contributed by atoms with Gasteiger partial charge in [-0.05, 0) is 38.1 Å². The first-order valence-corrected chi connectivity index (χ1v) is 13.0. The molecular weight excluding hydrogens is 526 g/mol. The fourth-order valence-electron chi connectivity index (χ4n) is 4.09. The lowest BCUT2D eigenvalue weighted by Crippen LogP contribution is -2.49. The van der Waals surface area contributed by atoms with Crippen LogP contribution in [0.3, 0.4) is 0 Å². The summed E-state index contributed by atoms with van der Waals surface area (Å²) in [6.45, 7) is 9.81. The van der Waals surface area contributed by atoms with Crippen LogP contribution in [-0.4, -0.2) is 84.8 Å². The van der Waals surface area contributed by atoms with Gasteiger partial charge in [-0.2, -0.15) is 0 Å².